The summed E-state index contributed by atoms with van der Waals surface area (Å²) < 4.78 is 5.32. The van der Waals surface area contributed by atoms with Gasteiger partial charge in [0.25, 0.3) is 0 Å². The van der Waals surface area contributed by atoms with Crippen molar-refractivity contribution in [2.24, 2.45) is 0 Å². The molecular weight excluding hydrogens is 655 g/mol. The van der Waals surface area contributed by atoms with Gasteiger partial charge in [0.1, 0.15) is 12.6 Å². The van der Waals surface area contributed by atoms with Crippen molar-refractivity contribution < 1.29 is 60.0 Å². The molecule has 1 aliphatic heterocycles. The Labute approximate surface area is 314 Å². The normalized spacial score (nSPS) is 13.6. The monoisotopic (exact) mass is 692 g/mol. The summed E-state index contributed by atoms with van der Waals surface area (Å²) in [7, 11) is 0. The second kappa shape index (κ2) is 18.5. The summed E-state index contributed by atoms with van der Waals surface area (Å²) in [5.74, 6) is -2.13. The maximum absolute atomic E-state index is 13.4. The van der Waals surface area contributed by atoms with E-state index in [0.717, 1.165) is 5.56 Å². The third-order valence-electron chi connectivity index (χ3n) is 8.20. The van der Waals surface area contributed by atoms with Crippen LogP contribution in [0.1, 0.15) is 47.4 Å². The molecule has 4 aromatic rings. The molecule has 0 spiro atoms. The number of benzene rings is 4. The molecule has 10 nitrogen and oxygen atoms in total. The molecular formula is C37H38ClN4NaO6. The van der Waals surface area contributed by atoms with Crippen molar-refractivity contribution in [1.82, 2.24) is 15.1 Å². The van der Waals surface area contributed by atoms with E-state index < -0.39 is 24.0 Å². The molecule has 0 bridgehead atoms. The van der Waals surface area contributed by atoms with Gasteiger partial charge < -0.3 is 26.8 Å². The number of piperazine rings is 1. The smallest absolute Gasteiger partial charge is 1.00 e. The Kier molecular flexibility index (Phi) is 14.2. The number of alkyl carbamates (subject to hydrolysis) is 1. The molecule has 49 heavy (non-hydrogen) atoms. The summed E-state index contributed by atoms with van der Waals surface area (Å²) in [6, 6.07) is 32.5. The Morgan fingerprint density at radius 1 is 0.816 bits per heavy atom. The largest absolute Gasteiger partial charge is 1.00 e. The molecule has 0 radical (unpaired) electrons. The van der Waals surface area contributed by atoms with Gasteiger partial charge in [-0.1, -0.05) is 103 Å². The summed E-state index contributed by atoms with van der Waals surface area (Å²) >= 11 is 5.97. The van der Waals surface area contributed by atoms with Crippen LogP contribution in [0.25, 0.3) is 0 Å². The number of hydrogen-bond acceptors (Lipinski definition) is 6. The molecule has 0 saturated carbocycles. The van der Waals surface area contributed by atoms with Gasteiger partial charge in [-0.3, -0.25) is 14.5 Å². The topological polar surface area (TPSA) is 128 Å². The summed E-state index contributed by atoms with van der Waals surface area (Å²) in [6.45, 7) is 2.30. The quantitative estimate of drug-likeness (QED) is 0.195. The van der Waals surface area contributed by atoms with Crippen LogP contribution in [-0.4, -0.2) is 71.0 Å². The third kappa shape index (κ3) is 10.6. The molecule has 1 aliphatic rings. The van der Waals surface area contributed by atoms with Crippen molar-refractivity contribution in [1.29, 1.82) is 0 Å². The summed E-state index contributed by atoms with van der Waals surface area (Å²) in [6.07, 6.45) is -0.898. The molecule has 12 heteroatoms. The molecule has 1 fully saturated rings. The summed E-state index contributed by atoms with van der Waals surface area (Å²) in [5.41, 5.74) is 2.91. The Bertz CT molecular complexity index is 1670. The van der Waals surface area contributed by atoms with Gasteiger partial charge in [-0.25, -0.2) is 9.59 Å². The molecule has 5 rings (SSSR count). The molecule has 1 unspecified atom stereocenters. The van der Waals surface area contributed by atoms with Crippen LogP contribution in [0.2, 0.25) is 5.02 Å². The van der Waals surface area contributed by atoms with Crippen molar-refractivity contribution in [3.63, 3.8) is 0 Å². The third-order valence-corrected chi connectivity index (χ3v) is 8.44. The van der Waals surface area contributed by atoms with Crippen molar-refractivity contribution in [3.8, 4) is 0 Å². The number of carbonyl (C=O) groups is 4. The van der Waals surface area contributed by atoms with Crippen molar-refractivity contribution in [2.75, 3.05) is 31.5 Å². The van der Waals surface area contributed by atoms with Crippen LogP contribution in [0.5, 0.6) is 0 Å². The summed E-state index contributed by atoms with van der Waals surface area (Å²) in [5, 5.41) is 14.9. The first kappa shape index (κ1) is 37.6. The molecule has 1 heterocycles. The number of anilines is 1. The fourth-order valence-corrected chi connectivity index (χ4v) is 5.91. The van der Waals surface area contributed by atoms with Gasteiger partial charge in [-0.15, -0.1) is 0 Å². The Morgan fingerprint density at radius 2 is 1.39 bits per heavy atom. The first-order valence-electron chi connectivity index (χ1n) is 15.7. The number of carboxylic acid groups (broad SMARTS) is 1. The maximum Gasteiger partial charge on any atom is 1.00 e. The molecule has 3 amide bonds. The van der Waals surface area contributed by atoms with Crippen LogP contribution in [-0.2, 0) is 20.9 Å². The zero-order valence-electron chi connectivity index (χ0n) is 28.3. The average Bonchev–Trinajstić information content (AvgIpc) is 3.11. The predicted molar refractivity (Wildman–Crippen MR) is 184 cm³/mol. The fourth-order valence-electron chi connectivity index (χ4n) is 5.74. The second-order valence-corrected chi connectivity index (χ2v) is 11.9. The number of carboxylic acids is 1. The standard InChI is InChI=1S/C37H37ClN4O6.Na.H/c38-29-16-17-31(30(24-29)36(45)46)39-35(44)32(40-37(47)48-25-26-10-4-1-5-11-26)18-19-33(43)41-20-22-42(23-21-41)34(27-12-6-2-7-13-27)28-14-8-3-9-15-28;;/h1-17,24,32,34H,18-23,25H2,(H,39,44)(H,40,47)(H,45,46);;/q;+1;-1. The molecule has 3 N–H and O–H groups in total. The molecule has 4 aromatic carbocycles. The predicted octanol–water partition coefficient (Wildman–Crippen LogP) is 3.10. The number of ether oxygens (including phenoxy) is 1. The van der Waals surface area contributed by atoms with Gasteiger partial charge >= 0.3 is 41.6 Å². The van der Waals surface area contributed by atoms with Crippen molar-refractivity contribution in [2.45, 2.75) is 31.5 Å². The van der Waals surface area contributed by atoms with Gasteiger partial charge in [-0.05, 0) is 41.3 Å². The van der Waals surface area contributed by atoms with E-state index in [0.29, 0.717) is 26.2 Å². The van der Waals surface area contributed by atoms with Crippen LogP contribution in [0, 0.1) is 0 Å². The van der Waals surface area contributed by atoms with Gasteiger partial charge in [0.05, 0.1) is 17.3 Å². The van der Waals surface area contributed by atoms with E-state index in [1.54, 1.807) is 17.0 Å². The van der Waals surface area contributed by atoms with E-state index in [-0.39, 0.29) is 78.7 Å². The van der Waals surface area contributed by atoms with E-state index in [2.05, 4.69) is 39.8 Å². The average molecular weight is 693 g/mol. The van der Waals surface area contributed by atoms with Crippen LogP contribution < -0.4 is 40.2 Å². The Balaban J connectivity index is 0.00000338. The van der Waals surface area contributed by atoms with Crippen LogP contribution >= 0.6 is 11.6 Å². The molecule has 250 valence electrons. The van der Waals surface area contributed by atoms with Crippen molar-refractivity contribution >= 4 is 41.2 Å². The molecule has 1 atom stereocenters. The second-order valence-electron chi connectivity index (χ2n) is 11.4. The number of nitrogens with one attached hydrogen (secondary N) is 2. The Morgan fingerprint density at radius 3 is 1.96 bits per heavy atom. The van der Waals surface area contributed by atoms with Gasteiger partial charge in [0.2, 0.25) is 11.8 Å². The van der Waals surface area contributed by atoms with Crippen LogP contribution in [0.15, 0.2) is 109 Å². The number of carbonyl (C=O) groups excluding carboxylic acids is 3. The van der Waals surface area contributed by atoms with E-state index in [4.69, 9.17) is 16.3 Å². The summed E-state index contributed by atoms with van der Waals surface area (Å²) in [4.78, 5) is 55.5. The number of rotatable bonds is 12. The minimum atomic E-state index is -1.28. The number of aromatic carboxylic acids is 1. The zero-order valence-corrected chi connectivity index (χ0v) is 30.0. The van der Waals surface area contributed by atoms with Crippen LogP contribution in [0.3, 0.4) is 0 Å². The maximum atomic E-state index is 13.4. The van der Waals surface area contributed by atoms with E-state index in [9.17, 15) is 24.3 Å². The van der Waals surface area contributed by atoms with Crippen molar-refractivity contribution in [3.05, 3.63) is 136 Å². The molecule has 0 aromatic heterocycles. The van der Waals surface area contributed by atoms with E-state index >= 15 is 0 Å². The molecule has 1 saturated heterocycles. The first-order valence-corrected chi connectivity index (χ1v) is 16.1. The van der Waals surface area contributed by atoms with Crippen LogP contribution in [0.4, 0.5) is 10.5 Å². The fraction of sp³-hybridized carbons (Fsp3) is 0.243. The number of halogens is 1. The zero-order chi connectivity index (χ0) is 33.9. The number of amides is 3. The van der Waals surface area contributed by atoms with Gasteiger partial charge in [0, 0.05) is 37.6 Å². The first-order chi connectivity index (χ1) is 23.3. The molecule has 0 aliphatic carbocycles. The van der Waals surface area contributed by atoms with E-state index in [1.807, 2.05) is 54.6 Å². The number of hydrogen-bond donors (Lipinski definition) is 3. The Hall–Kier alpha value is -4.19. The van der Waals surface area contributed by atoms with Gasteiger partial charge in [-0.2, -0.15) is 0 Å². The number of nitrogens with zero attached hydrogens (tertiary/aromatic N) is 2. The van der Waals surface area contributed by atoms with E-state index in [1.165, 1.54) is 29.3 Å². The minimum absolute atomic E-state index is 0. The van der Waals surface area contributed by atoms with Gasteiger partial charge in [0.15, 0.2) is 0 Å². The minimum Gasteiger partial charge on any atom is -1.00 e. The SMILES string of the molecule is O=C(NC(CCC(=O)N1CCN(C(c2ccccc2)c2ccccc2)CC1)C(=O)Nc1ccc(Cl)cc1C(=O)O)OCc1ccccc1.[H-].[Na+].